The van der Waals surface area contributed by atoms with Gasteiger partial charge >= 0.3 is 0 Å². The average Bonchev–Trinajstić information content (AvgIpc) is 2.68. The quantitative estimate of drug-likeness (QED) is 0.111. The van der Waals surface area contributed by atoms with Crippen LogP contribution in [-0.2, 0) is 0 Å². The van der Waals surface area contributed by atoms with E-state index in [0.29, 0.717) is 17.7 Å². The molecule has 0 bridgehead atoms. The molecule has 0 fully saturated rings. The van der Waals surface area contributed by atoms with Crippen molar-refractivity contribution in [1.82, 2.24) is 0 Å². The second-order valence-corrected chi connectivity index (χ2v) is 7.95. The number of unbranched alkanes of at least 4 members (excludes halogenated alkanes) is 14. The number of aromatic hydroxyl groups is 2. The summed E-state index contributed by atoms with van der Waals surface area (Å²) in [5, 5.41) is 31.7. The van der Waals surface area contributed by atoms with E-state index in [1.165, 1.54) is 95.6 Å². The van der Waals surface area contributed by atoms with E-state index in [0.717, 1.165) is 12.8 Å². The van der Waals surface area contributed by atoms with Crippen molar-refractivity contribution < 1.29 is 15.4 Å². The van der Waals surface area contributed by atoms with E-state index in [1.54, 1.807) is 6.07 Å². The van der Waals surface area contributed by atoms with Gasteiger partial charge in [0.1, 0.15) is 11.5 Å². The van der Waals surface area contributed by atoms with Crippen LogP contribution in [-0.4, -0.2) is 21.1 Å². The zero-order chi connectivity index (χ0) is 20.5. The molecule has 0 aromatic heterocycles. The molecule has 0 atom stereocenters. The van der Waals surface area contributed by atoms with Gasteiger partial charge in [-0.3, -0.25) is 0 Å². The summed E-state index contributed by atoms with van der Waals surface area (Å²) in [6, 6.07) is 4.35. The second-order valence-electron chi connectivity index (χ2n) is 7.95. The Morgan fingerprint density at radius 2 is 1.18 bits per heavy atom. The summed E-state index contributed by atoms with van der Waals surface area (Å²) >= 11 is 0. The molecule has 0 aliphatic carbocycles. The van der Waals surface area contributed by atoms with Crippen LogP contribution in [0.5, 0.6) is 11.5 Å². The lowest BCUT2D eigenvalue weighted by molar-refractivity contribution is 0.317. The topological polar surface area (TPSA) is 73.1 Å². The van der Waals surface area contributed by atoms with Gasteiger partial charge in [0.05, 0.1) is 5.71 Å². The van der Waals surface area contributed by atoms with Crippen LogP contribution >= 0.6 is 0 Å². The Bertz CT molecular complexity index is 543. The van der Waals surface area contributed by atoms with Gasteiger partial charge in [0, 0.05) is 11.6 Å². The highest BCUT2D eigenvalue weighted by atomic mass is 16.4. The average molecular weight is 392 g/mol. The van der Waals surface area contributed by atoms with E-state index in [4.69, 9.17) is 0 Å². The van der Waals surface area contributed by atoms with Crippen LogP contribution in [0.25, 0.3) is 0 Å². The standard InChI is InChI=1S/C24H41NO3/c1-2-3-4-5-6-7-8-9-10-11-12-13-14-15-16-17-23(25-28)22-19-18-21(26)20-24(22)27/h18-20,26-28H,2-17H2,1H3/b25-23-. The van der Waals surface area contributed by atoms with Crippen molar-refractivity contribution in [3.8, 4) is 11.5 Å². The molecule has 0 aliphatic heterocycles. The molecule has 1 aromatic carbocycles. The number of rotatable bonds is 17. The fourth-order valence-electron chi connectivity index (χ4n) is 3.67. The van der Waals surface area contributed by atoms with Crippen molar-refractivity contribution in [2.75, 3.05) is 0 Å². The Labute approximate surface area is 171 Å². The summed E-state index contributed by atoms with van der Waals surface area (Å²) in [6.07, 6.45) is 20.4. The van der Waals surface area contributed by atoms with Crippen molar-refractivity contribution >= 4 is 5.71 Å². The van der Waals surface area contributed by atoms with E-state index in [2.05, 4.69) is 12.1 Å². The van der Waals surface area contributed by atoms with Crippen LogP contribution in [0.4, 0.5) is 0 Å². The summed E-state index contributed by atoms with van der Waals surface area (Å²) in [6.45, 7) is 2.27. The van der Waals surface area contributed by atoms with E-state index in [1.807, 2.05) is 0 Å². The summed E-state index contributed by atoms with van der Waals surface area (Å²) in [7, 11) is 0. The Kier molecular flexibility index (Phi) is 14.1. The van der Waals surface area contributed by atoms with E-state index < -0.39 is 0 Å². The van der Waals surface area contributed by atoms with Gasteiger partial charge in [-0.05, 0) is 25.0 Å². The van der Waals surface area contributed by atoms with E-state index in [9.17, 15) is 15.4 Å². The van der Waals surface area contributed by atoms with Crippen molar-refractivity contribution in [2.24, 2.45) is 5.16 Å². The lowest BCUT2D eigenvalue weighted by Crippen LogP contribution is -2.01. The smallest absolute Gasteiger partial charge is 0.128 e. The van der Waals surface area contributed by atoms with Crippen LogP contribution in [0, 0.1) is 0 Å². The van der Waals surface area contributed by atoms with Crippen molar-refractivity contribution in [3.63, 3.8) is 0 Å². The van der Waals surface area contributed by atoms with Gasteiger partial charge in [0.25, 0.3) is 0 Å². The van der Waals surface area contributed by atoms with Crippen LogP contribution in [0.1, 0.15) is 115 Å². The Balaban J connectivity index is 1.96. The summed E-state index contributed by atoms with van der Waals surface area (Å²) in [5.41, 5.74) is 0.970. The number of phenolic OH excluding ortho intramolecular Hbond substituents is 2. The molecule has 160 valence electrons. The first kappa shape index (κ1) is 24.3. The molecule has 4 nitrogen and oxygen atoms in total. The normalized spacial score (nSPS) is 11.8. The summed E-state index contributed by atoms with van der Waals surface area (Å²) in [5.74, 6) is -0.0423. The van der Waals surface area contributed by atoms with Gasteiger partial charge in [0.15, 0.2) is 0 Å². The van der Waals surface area contributed by atoms with Crippen molar-refractivity contribution in [1.29, 1.82) is 0 Å². The van der Waals surface area contributed by atoms with Gasteiger partial charge < -0.3 is 15.4 Å². The molecule has 0 unspecified atom stereocenters. The predicted molar refractivity (Wildman–Crippen MR) is 118 cm³/mol. The highest BCUT2D eigenvalue weighted by Crippen LogP contribution is 2.25. The molecule has 0 radical (unpaired) electrons. The molecule has 0 heterocycles. The third kappa shape index (κ3) is 11.2. The SMILES string of the molecule is CCCCCCCCCCCCCCCCC/C(=N/O)c1ccc(O)cc1O. The maximum Gasteiger partial charge on any atom is 0.128 e. The minimum Gasteiger partial charge on any atom is -0.508 e. The maximum absolute atomic E-state index is 9.87. The highest BCUT2D eigenvalue weighted by Gasteiger charge is 2.10. The number of hydrogen-bond donors (Lipinski definition) is 3. The monoisotopic (exact) mass is 391 g/mol. The zero-order valence-electron chi connectivity index (χ0n) is 17.8. The Morgan fingerprint density at radius 3 is 1.61 bits per heavy atom. The third-order valence-electron chi connectivity index (χ3n) is 5.43. The number of hydrogen-bond acceptors (Lipinski definition) is 4. The first-order valence-electron chi connectivity index (χ1n) is 11.4. The Morgan fingerprint density at radius 1 is 0.714 bits per heavy atom. The molecular formula is C24H41NO3. The lowest BCUT2D eigenvalue weighted by atomic mass is 10.0. The van der Waals surface area contributed by atoms with Gasteiger partial charge in [0.2, 0.25) is 0 Å². The molecule has 0 saturated carbocycles. The number of oxime groups is 1. The minimum atomic E-state index is -0.0474. The van der Waals surface area contributed by atoms with Crippen LogP contribution in [0.2, 0.25) is 0 Å². The van der Waals surface area contributed by atoms with Crippen LogP contribution in [0.3, 0.4) is 0 Å². The van der Waals surface area contributed by atoms with Crippen LogP contribution < -0.4 is 0 Å². The van der Waals surface area contributed by atoms with Crippen LogP contribution in [0.15, 0.2) is 23.4 Å². The second kappa shape index (κ2) is 16.3. The molecular weight excluding hydrogens is 350 g/mol. The maximum atomic E-state index is 9.87. The van der Waals surface area contributed by atoms with E-state index >= 15 is 0 Å². The van der Waals surface area contributed by atoms with Crippen molar-refractivity contribution in [3.05, 3.63) is 23.8 Å². The molecule has 28 heavy (non-hydrogen) atoms. The van der Waals surface area contributed by atoms with E-state index in [-0.39, 0.29) is 11.5 Å². The minimum absolute atomic E-state index is 0.00511. The molecule has 0 spiro atoms. The first-order valence-corrected chi connectivity index (χ1v) is 11.4. The molecule has 1 rings (SSSR count). The molecule has 1 aromatic rings. The Hall–Kier alpha value is -1.71. The molecule has 0 saturated heterocycles. The zero-order valence-corrected chi connectivity index (χ0v) is 17.8. The van der Waals surface area contributed by atoms with Gasteiger partial charge in [-0.15, -0.1) is 0 Å². The molecule has 3 N–H and O–H groups in total. The summed E-state index contributed by atoms with van der Waals surface area (Å²) < 4.78 is 0. The number of nitrogens with zero attached hydrogens (tertiary/aromatic N) is 1. The van der Waals surface area contributed by atoms with Crippen molar-refractivity contribution in [2.45, 2.75) is 110 Å². The summed E-state index contributed by atoms with van der Waals surface area (Å²) in [4.78, 5) is 0. The highest BCUT2D eigenvalue weighted by molar-refractivity contribution is 6.02. The molecule has 0 aliphatic rings. The lowest BCUT2D eigenvalue weighted by Gasteiger charge is -2.07. The third-order valence-corrected chi connectivity index (χ3v) is 5.43. The fraction of sp³-hybridized carbons (Fsp3) is 0.708. The molecule has 0 amide bonds. The first-order chi connectivity index (χ1) is 13.7. The predicted octanol–water partition coefficient (Wildman–Crippen LogP) is 7.54. The van der Waals surface area contributed by atoms with Gasteiger partial charge in [-0.2, -0.15) is 0 Å². The number of benzene rings is 1. The van der Waals surface area contributed by atoms with Gasteiger partial charge in [-0.25, -0.2) is 0 Å². The number of phenols is 2. The largest absolute Gasteiger partial charge is 0.508 e. The van der Waals surface area contributed by atoms with Gasteiger partial charge in [-0.1, -0.05) is 102 Å². The fourth-order valence-corrected chi connectivity index (χ4v) is 3.67. The molecule has 4 heteroatoms.